The van der Waals surface area contributed by atoms with E-state index < -0.39 is 24.3 Å². The summed E-state index contributed by atoms with van der Waals surface area (Å²) in [5, 5.41) is 28.2. The van der Waals surface area contributed by atoms with Crippen molar-refractivity contribution in [3.8, 4) is 16.8 Å². The predicted molar refractivity (Wildman–Crippen MR) is 211 cm³/mol. The molecule has 56 heavy (non-hydrogen) atoms. The van der Waals surface area contributed by atoms with Crippen molar-refractivity contribution < 1.29 is 28.9 Å². The van der Waals surface area contributed by atoms with E-state index in [2.05, 4.69) is 26.2 Å². The van der Waals surface area contributed by atoms with E-state index in [9.17, 15) is 14.7 Å². The molecule has 3 N–H and O–H groups in total. The Kier molecular flexibility index (Phi) is 12.8. The number of methoxy groups -OCH3 is 1. The number of tetrazole rings is 1. The van der Waals surface area contributed by atoms with Gasteiger partial charge in [0, 0.05) is 30.7 Å². The van der Waals surface area contributed by atoms with Crippen molar-refractivity contribution in [1.82, 2.24) is 30.8 Å². The summed E-state index contributed by atoms with van der Waals surface area (Å²) >= 11 is 1.53. The molecule has 13 heteroatoms. The van der Waals surface area contributed by atoms with Crippen molar-refractivity contribution in [2.45, 2.75) is 55.7 Å². The zero-order chi connectivity index (χ0) is 38.7. The number of aliphatic hydroxyl groups excluding tert-OH is 1. The van der Waals surface area contributed by atoms with Crippen LogP contribution in [0, 0.1) is 0 Å². The molecule has 1 fully saturated rings. The van der Waals surface area contributed by atoms with Crippen LogP contribution in [0.4, 0.5) is 4.79 Å². The van der Waals surface area contributed by atoms with Crippen LogP contribution in [0.1, 0.15) is 46.6 Å². The number of carbonyl (C=O) groups excluding carboxylic acids is 2. The summed E-state index contributed by atoms with van der Waals surface area (Å²) in [6.45, 7) is 0.235. The van der Waals surface area contributed by atoms with Crippen LogP contribution in [0.2, 0.25) is 0 Å². The molecule has 1 aliphatic rings. The second-order valence-electron chi connectivity index (χ2n) is 13.3. The molecule has 0 bridgehead atoms. The van der Waals surface area contributed by atoms with Gasteiger partial charge in [-0.3, -0.25) is 0 Å². The van der Waals surface area contributed by atoms with Crippen molar-refractivity contribution in [3.05, 3.63) is 161 Å². The summed E-state index contributed by atoms with van der Waals surface area (Å²) in [4.78, 5) is 25.3. The lowest BCUT2D eigenvalue weighted by molar-refractivity contribution is -0.245. The van der Waals surface area contributed by atoms with Crippen LogP contribution in [0.15, 0.2) is 139 Å². The lowest BCUT2D eigenvalue weighted by Crippen LogP contribution is -2.47. The third kappa shape index (κ3) is 9.86. The first-order valence-electron chi connectivity index (χ1n) is 18.3. The molecule has 5 aromatic carbocycles. The van der Waals surface area contributed by atoms with Crippen LogP contribution in [-0.2, 0) is 38.6 Å². The number of nitrogens with zero attached hydrogens (tertiary/aromatic N) is 4. The minimum absolute atomic E-state index is 0.0271. The van der Waals surface area contributed by atoms with Crippen LogP contribution >= 0.6 is 11.8 Å². The highest BCUT2D eigenvalue weighted by molar-refractivity contribution is 7.99. The number of rotatable bonds is 14. The molecule has 7 rings (SSSR count). The van der Waals surface area contributed by atoms with Crippen molar-refractivity contribution in [2.75, 3.05) is 12.9 Å². The second-order valence-corrected chi connectivity index (χ2v) is 14.3. The van der Waals surface area contributed by atoms with E-state index in [-0.39, 0.29) is 25.4 Å². The number of para-hydroxylation sites is 1. The zero-order valence-electron chi connectivity index (χ0n) is 30.7. The highest BCUT2D eigenvalue weighted by atomic mass is 32.2. The second kappa shape index (κ2) is 18.7. The predicted octanol–water partition coefficient (Wildman–Crippen LogP) is 6.74. The van der Waals surface area contributed by atoms with E-state index in [0.29, 0.717) is 23.8 Å². The molecule has 1 aromatic heterocycles. The molecular formula is C43H42N6O6S. The third-order valence-corrected chi connectivity index (χ3v) is 10.5. The summed E-state index contributed by atoms with van der Waals surface area (Å²) in [7, 11) is 1.31. The molecule has 2 heterocycles. The highest BCUT2D eigenvalue weighted by Crippen LogP contribution is 2.40. The van der Waals surface area contributed by atoms with Gasteiger partial charge in [0.25, 0.3) is 0 Å². The first-order chi connectivity index (χ1) is 27.4. The molecular weight excluding hydrogens is 729 g/mol. The maximum Gasteiger partial charge on any atom is 0.328 e. The van der Waals surface area contributed by atoms with Crippen LogP contribution in [-0.4, -0.2) is 62.3 Å². The maximum atomic E-state index is 12.8. The van der Waals surface area contributed by atoms with Gasteiger partial charge in [-0.1, -0.05) is 127 Å². The van der Waals surface area contributed by atoms with Gasteiger partial charge < -0.3 is 30.0 Å². The van der Waals surface area contributed by atoms with Gasteiger partial charge in [-0.15, -0.1) is 5.10 Å². The number of hydrogen-bond acceptors (Lipinski definition) is 10. The van der Waals surface area contributed by atoms with Gasteiger partial charge in [0.05, 0.1) is 31.6 Å². The molecule has 6 aromatic rings. The number of hydrogen-bond donors (Lipinski definition) is 3. The first-order valence-corrected chi connectivity index (χ1v) is 19.3. The van der Waals surface area contributed by atoms with Crippen LogP contribution in [0.3, 0.4) is 0 Å². The molecule has 1 aliphatic heterocycles. The Morgan fingerprint density at radius 2 is 1.55 bits per heavy atom. The van der Waals surface area contributed by atoms with Crippen molar-refractivity contribution in [3.63, 3.8) is 0 Å². The Morgan fingerprint density at radius 3 is 2.29 bits per heavy atom. The van der Waals surface area contributed by atoms with Gasteiger partial charge in [0.15, 0.2) is 6.29 Å². The smallest absolute Gasteiger partial charge is 0.328 e. The third-order valence-electron chi connectivity index (χ3n) is 9.42. The van der Waals surface area contributed by atoms with Crippen molar-refractivity contribution in [2.24, 2.45) is 0 Å². The molecule has 0 aliphatic carbocycles. The number of thioether (sulfide) groups is 1. The number of urea groups is 1. The fourth-order valence-corrected chi connectivity index (χ4v) is 7.37. The summed E-state index contributed by atoms with van der Waals surface area (Å²) in [6.07, 6.45) is -0.0929. The molecule has 0 spiro atoms. The monoisotopic (exact) mass is 770 g/mol. The number of aliphatic hydroxyl groups is 1. The van der Waals surface area contributed by atoms with Crippen LogP contribution in [0.25, 0.3) is 16.8 Å². The summed E-state index contributed by atoms with van der Waals surface area (Å²) in [5.41, 5.74) is 7.37. The van der Waals surface area contributed by atoms with Gasteiger partial charge >= 0.3 is 12.0 Å². The summed E-state index contributed by atoms with van der Waals surface area (Å²) in [6, 6.07) is 41.8. The quantitative estimate of drug-likeness (QED) is 0.0803. The molecule has 4 atom stereocenters. The Labute approximate surface area is 329 Å². The number of nitrogens with one attached hydrogen (secondary N) is 2. The number of carbonyl (C=O) groups is 2. The van der Waals surface area contributed by atoms with E-state index in [1.165, 1.54) is 18.9 Å². The molecule has 286 valence electrons. The number of amides is 2. The van der Waals surface area contributed by atoms with Crippen LogP contribution in [0.5, 0.6) is 0 Å². The molecule has 0 unspecified atom stereocenters. The topological polar surface area (TPSA) is 150 Å². The normalized spacial score (nSPS) is 17.1. The van der Waals surface area contributed by atoms with E-state index in [4.69, 9.17) is 14.2 Å². The Bertz CT molecular complexity index is 2190. The van der Waals surface area contributed by atoms with Crippen molar-refractivity contribution >= 4 is 23.8 Å². The van der Waals surface area contributed by atoms with Crippen molar-refractivity contribution in [1.29, 1.82) is 0 Å². The maximum absolute atomic E-state index is 12.8. The lowest BCUT2D eigenvalue weighted by Gasteiger charge is -2.36. The fraction of sp³-hybridized carbons (Fsp3) is 0.233. The Morgan fingerprint density at radius 1 is 0.839 bits per heavy atom. The molecule has 0 saturated carbocycles. The van der Waals surface area contributed by atoms with E-state index >= 15 is 0 Å². The minimum Gasteiger partial charge on any atom is -0.467 e. The van der Waals surface area contributed by atoms with E-state index in [1.807, 2.05) is 133 Å². The average Bonchev–Trinajstić information content (AvgIpc) is 3.74. The molecule has 2 amide bonds. The average molecular weight is 771 g/mol. The number of esters is 1. The zero-order valence-corrected chi connectivity index (χ0v) is 31.5. The largest absolute Gasteiger partial charge is 0.467 e. The number of aromatic nitrogens is 4. The van der Waals surface area contributed by atoms with E-state index in [0.717, 1.165) is 44.6 Å². The SMILES string of the molecule is COC(=O)[C@H](Cc1ccccc1)NC(=O)NCc1cccc(-c2ccc([C@@H]3O[C@H](CSc4nnnn4-c4ccccc4)C[C@H](c4ccc(CO)cc4)O3)cc2)c1. The summed E-state index contributed by atoms with van der Waals surface area (Å²) in [5.74, 6) is 0.0907. The van der Waals surface area contributed by atoms with Gasteiger partial charge in [0.1, 0.15) is 6.04 Å². The van der Waals surface area contributed by atoms with Crippen LogP contribution < -0.4 is 10.6 Å². The lowest BCUT2D eigenvalue weighted by atomic mass is 9.99. The molecule has 1 saturated heterocycles. The summed E-state index contributed by atoms with van der Waals surface area (Å²) < 4.78 is 19.8. The first kappa shape index (κ1) is 38.4. The van der Waals surface area contributed by atoms with Gasteiger partial charge in [-0.05, 0) is 62.0 Å². The van der Waals surface area contributed by atoms with Gasteiger partial charge in [0.2, 0.25) is 5.16 Å². The molecule has 0 radical (unpaired) electrons. The Hall–Kier alpha value is -5.86. The van der Waals surface area contributed by atoms with Gasteiger partial charge in [-0.25, -0.2) is 9.59 Å². The highest BCUT2D eigenvalue weighted by Gasteiger charge is 2.33. The number of ether oxygens (including phenoxy) is 3. The standard InChI is InChI=1S/C43H42N6O6S/c1-53-40(51)38(24-29-9-4-2-5-10-29)45-42(52)44-26-31-11-8-12-35(23-31)32-19-21-34(22-20-32)41-54-37(25-39(55-41)33-17-15-30(27-50)16-18-33)28-56-43-46-47-48-49(43)36-13-6-3-7-14-36/h2-23,37-39,41,50H,24-28H2,1H3,(H2,44,45,52)/t37-,38-,39+,41+/m0/s1. The van der Waals surface area contributed by atoms with E-state index in [1.54, 1.807) is 4.68 Å². The Balaban J connectivity index is 1.01. The minimum atomic E-state index is -0.820. The number of benzene rings is 5. The molecule has 12 nitrogen and oxygen atoms in total. The fourth-order valence-electron chi connectivity index (χ4n) is 6.46. The van der Waals surface area contributed by atoms with Gasteiger partial charge in [-0.2, -0.15) is 4.68 Å².